The third-order valence-electron chi connectivity index (χ3n) is 12.9. The van der Waals surface area contributed by atoms with Crippen LogP contribution in [0.25, 0.3) is 0 Å². The molecule has 12 nitrogen and oxygen atoms in total. The minimum Gasteiger partial charge on any atom is -0.457 e. The van der Waals surface area contributed by atoms with Crippen LogP contribution >= 0.6 is 7.82 Å². The van der Waals surface area contributed by atoms with Crippen molar-refractivity contribution in [3.05, 3.63) is 0 Å². The van der Waals surface area contributed by atoms with Crippen molar-refractivity contribution in [3.8, 4) is 0 Å². The average molecular weight is 920 g/mol. The second-order valence-electron chi connectivity index (χ2n) is 18.9. The van der Waals surface area contributed by atoms with E-state index in [1.54, 1.807) is 0 Å². The Hall–Kier alpha value is -1.11. The van der Waals surface area contributed by atoms with Gasteiger partial charge in [0, 0.05) is 6.42 Å². The van der Waals surface area contributed by atoms with E-state index in [4.69, 9.17) is 14.0 Å². The Morgan fingerprint density at radius 1 is 0.571 bits per heavy atom. The van der Waals surface area contributed by atoms with E-state index in [0.29, 0.717) is 6.42 Å². The van der Waals surface area contributed by atoms with Crippen LogP contribution in [0.5, 0.6) is 0 Å². The Morgan fingerprint density at radius 3 is 1.30 bits per heavy atom. The van der Waals surface area contributed by atoms with E-state index in [2.05, 4.69) is 26.1 Å². The van der Waals surface area contributed by atoms with Crippen LogP contribution in [0.4, 0.5) is 0 Å². The van der Waals surface area contributed by atoms with E-state index in [1.165, 1.54) is 141 Å². The van der Waals surface area contributed by atoms with Gasteiger partial charge in [0.2, 0.25) is 5.91 Å². The van der Waals surface area contributed by atoms with Crippen LogP contribution in [-0.4, -0.2) is 80.3 Å². The highest BCUT2D eigenvalue weighted by Crippen LogP contribution is 2.42. The smallest absolute Gasteiger partial charge is 0.457 e. The molecule has 13 heteroatoms. The van der Waals surface area contributed by atoms with E-state index in [-0.39, 0.29) is 18.8 Å². The number of amides is 1. The molecule has 63 heavy (non-hydrogen) atoms. The van der Waals surface area contributed by atoms with Gasteiger partial charge in [-0.25, -0.2) is 4.57 Å². The minimum atomic E-state index is -5.21. The zero-order chi connectivity index (χ0) is 46.4. The first kappa shape index (κ1) is 59.9. The van der Waals surface area contributed by atoms with Gasteiger partial charge >= 0.3 is 13.8 Å². The van der Waals surface area contributed by atoms with E-state index in [1.807, 2.05) is 0 Å². The van der Waals surface area contributed by atoms with Crippen molar-refractivity contribution >= 4 is 19.7 Å². The summed E-state index contributed by atoms with van der Waals surface area (Å²) in [6.07, 6.45) is 33.1. The molecular formula is C50H98NO11P. The number of aliphatic hydroxyl groups is 3. The number of phosphoric ester groups is 1. The van der Waals surface area contributed by atoms with Crippen LogP contribution in [0, 0.1) is 5.92 Å². The summed E-state index contributed by atoms with van der Waals surface area (Å²) in [4.78, 5) is 46.6. The van der Waals surface area contributed by atoms with Gasteiger partial charge in [-0.05, 0) is 25.2 Å². The van der Waals surface area contributed by atoms with Crippen molar-refractivity contribution in [2.24, 2.45) is 5.92 Å². The summed E-state index contributed by atoms with van der Waals surface area (Å²) >= 11 is 0. The van der Waals surface area contributed by atoms with Gasteiger partial charge in [-0.1, -0.05) is 226 Å². The normalized spacial score (nSPS) is 20.2. The highest BCUT2D eigenvalue weighted by Gasteiger charge is 2.51. The Labute approximate surface area is 384 Å². The van der Waals surface area contributed by atoms with Crippen LogP contribution in [-0.2, 0) is 28.2 Å². The van der Waals surface area contributed by atoms with Crippen LogP contribution in [0.1, 0.15) is 258 Å². The third kappa shape index (κ3) is 33.1. The van der Waals surface area contributed by atoms with Gasteiger partial charge in [0.1, 0.15) is 18.2 Å². The molecule has 1 amide bonds. The van der Waals surface area contributed by atoms with Crippen molar-refractivity contribution in [2.45, 2.75) is 295 Å². The molecule has 1 fully saturated rings. The number of ether oxygens (including phenoxy) is 2. The molecule has 1 aliphatic heterocycles. The summed E-state index contributed by atoms with van der Waals surface area (Å²) in [6.45, 7) is 5.87. The number of rotatable bonds is 44. The molecule has 0 aromatic heterocycles. The Balaban J connectivity index is 2.80. The molecule has 0 radical (unpaired) electrons. The summed E-state index contributed by atoms with van der Waals surface area (Å²) in [6, 6.07) is -1.47. The predicted octanol–water partition coefficient (Wildman–Crippen LogP) is 12.0. The summed E-state index contributed by atoms with van der Waals surface area (Å²) in [5.74, 6) is -1.26. The summed E-state index contributed by atoms with van der Waals surface area (Å²) in [5, 5.41) is 34.3. The summed E-state index contributed by atoms with van der Waals surface area (Å²) in [5.41, 5.74) is 0. The standard InChI is InChI=1S/C50H98NO11P/c1-4-7-10-13-16-18-19-20-21-22-23-24-26-28-31-34-37-42(36-33-30-27-15-12-9-6-3)39-46(55)61-49-47(50(56)60-44(41-52)48(49)62-63(57,58)59)51-45(54)40-43(53)38-35-32-29-25-17-14-11-8-5-2/h42-44,47-50,52-53,56H,4-41H2,1-3H3,(H,51,54)(H2,57,58,59)/t42?,43-,44-,47-,48-,49-,50?/m1/s1. The van der Waals surface area contributed by atoms with Gasteiger partial charge in [-0.2, -0.15) is 0 Å². The fourth-order valence-corrected chi connectivity index (χ4v) is 9.63. The third-order valence-corrected chi connectivity index (χ3v) is 13.4. The number of carbonyl (C=O) groups excluding carboxylic acids is 2. The first-order valence-electron chi connectivity index (χ1n) is 26.3. The number of nitrogens with one attached hydrogen (secondary N) is 1. The highest BCUT2D eigenvalue weighted by molar-refractivity contribution is 7.46. The van der Waals surface area contributed by atoms with Crippen molar-refractivity contribution in [2.75, 3.05) is 6.61 Å². The fraction of sp³-hybridized carbons (Fsp3) is 0.960. The fourth-order valence-electron chi connectivity index (χ4n) is 9.05. The van der Waals surface area contributed by atoms with Gasteiger partial charge in [0.25, 0.3) is 0 Å². The van der Waals surface area contributed by atoms with Gasteiger partial charge in [0.05, 0.1) is 19.1 Å². The lowest BCUT2D eigenvalue weighted by atomic mass is 9.91. The second kappa shape index (κ2) is 40.0. The zero-order valence-corrected chi connectivity index (χ0v) is 41.4. The molecule has 0 aliphatic carbocycles. The Kier molecular flexibility index (Phi) is 38.0. The first-order valence-corrected chi connectivity index (χ1v) is 27.8. The molecule has 0 aromatic carbocycles. The van der Waals surface area contributed by atoms with E-state index in [0.717, 1.165) is 77.0 Å². The van der Waals surface area contributed by atoms with Crippen LogP contribution < -0.4 is 5.32 Å². The van der Waals surface area contributed by atoms with Gasteiger partial charge in [0.15, 0.2) is 12.4 Å². The van der Waals surface area contributed by atoms with Gasteiger partial charge in [-0.15, -0.1) is 0 Å². The molecule has 1 aliphatic rings. The van der Waals surface area contributed by atoms with Crippen LogP contribution in [0.2, 0.25) is 0 Å². The van der Waals surface area contributed by atoms with Crippen molar-refractivity contribution in [3.63, 3.8) is 0 Å². The molecule has 0 bridgehead atoms. The van der Waals surface area contributed by atoms with Crippen molar-refractivity contribution in [1.82, 2.24) is 5.32 Å². The van der Waals surface area contributed by atoms with Gasteiger partial charge in [-0.3, -0.25) is 14.1 Å². The maximum absolute atomic E-state index is 13.8. The van der Waals surface area contributed by atoms with E-state index in [9.17, 15) is 39.3 Å². The monoisotopic (exact) mass is 920 g/mol. The maximum Gasteiger partial charge on any atom is 0.470 e. The Bertz CT molecular complexity index is 1130. The summed E-state index contributed by atoms with van der Waals surface area (Å²) < 4.78 is 28.5. The lowest BCUT2D eigenvalue weighted by molar-refractivity contribution is -0.256. The predicted molar refractivity (Wildman–Crippen MR) is 254 cm³/mol. The zero-order valence-electron chi connectivity index (χ0n) is 40.5. The number of aliphatic hydroxyl groups excluding tert-OH is 3. The molecule has 1 rings (SSSR count). The minimum absolute atomic E-state index is 0.0311. The SMILES string of the molecule is CCCCCCCCCCCCCCCCCCC(CCCCCCCCC)CC(=O)O[C@H]1[C@H](OP(=O)(O)O)[C@@H](CO)OC(O)[C@@H]1NC(=O)C[C@H](O)CCCCCCCCCCC. The number of carbonyl (C=O) groups is 2. The number of esters is 1. The lowest BCUT2D eigenvalue weighted by Crippen LogP contribution is -2.65. The largest absolute Gasteiger partial charge is 0.470 e. The molecule has 374 valence electrons. The van der Waals surface area contributed by atoms with E-state index < -0.39 is 63.1 Å². The quantitative estimate of drug-likeness (QED) is 0.0194. The number of phosphoric acid groups is 1. The highest BCUT2D eigenvalue weighted by atomic mass is 31.2. The molecular weight excluding hydrogens is 822 g/mol. The summed E-state index contributed by atoms with van der Waals surface area (Å²) in [7, 11) is -5.21. The molecule has 0 spiro atoms. The topological polar surface area (TPSA) is 192 Å². The maximum atomic E-state index is 13.8. The van der Waals surface area contributed by atoms with Crippen LogP contribution in [0.15, 0.2) is 0 Å². The second-order valence-corrected chi connectivity index (χ2v) is 20.1. The van der Waals surface area contributed by atoms with E-state index >= 15 is 0 Å². The molecule has 1 heterocycles. The van der Waals surface area contributed by atoms with Gasteiger partial charge < -0.3 is 39.9 Å². The lowest BCUT2D eigenvalue weighted by Gasteiger charge is -2.43. The molecule has 6 N–H and O–H groups in total. The Morgan fingerprint density at radius 2 is 0.937 bits per heavy atom. The first-order chi connectivity index (χ1) is 30.4. The molecule has 2 unspecified atom stereocenters. The number of hydrogen-bond donors (Lipinski definition) is 6. The molecule has 0 aromatic rings. The number of unbranched alkanes of at least 4 members (excludes halogenated alkanes) is 29. The molecule has 0 saturated carbocycles. The number of hydrogen-bond acceptors (Lipinski definition) is 9. The van der Waals surface area contributed by atoms with Crippen molar-refractivity contribution in [1.29, 1.82) is 0 Å². The van der Waals surface area contributed by atoms with Crippen LogP contribution in [0.3, 0.4) is 0 Å². The average Bonchev–Trinajstić information content (AvgIpc) is 3.24. The van der Waals surface area contributed by atoms with Crippen molar-refractivity contribution < 1.29 is 53.3 Å². The molecule has 7 atom stereocenters. The molecule has 1 saturated heterocycles.